The van der Waals surface area contributed by atoms with Crippen LogP contribution in [0.2, 0.25) is 5.04 Å². The molecule has 0 radical (unpaired) electrons. The Kier molecular flexibility index (Phi) is 10.4. The van der Waals surface area contributed by atoms with Gasteiger partial charge in [0.05, 0.1) is 30.2 Å². The molecule has 5 aromatic carbocycles. The molecular weight excluding hydrogens is 783 g/mol. The van der Waals surface area contributed by atoms with Crippen LogP contribution in [0.15, 0.2) is 149 Å². The second kappa shape index (κ2) is 15.3. The number of imide groups is 1. The number of nitrogens with zero attached hydrogens (tertiary/aromatic N) is 1. The van der Waals surface area contributed by atoms with E-state index in [2.05, 4.69) is 66.3 Å². The van der Waals surface area contributed by atoms with E-state index in [0.29, 0.717) is 16.7 Å². The summed E-state index contributed by atoms with van der Waals surface area (Å²) in [6.07, 6.45) is -0.196. The second-order valence-corrected chi connectivity index (χ2v) is 21.1. The number of allylic oxidation sites excluding steroid dienone is 1. The molecule has 4 atom stereocenters. The Labute approximate surface area is 337 Å². The number of phenolic OH excluding ortho intramolecular Hbond substituents is 1. The van der Waals surface area contributed by atoms with Gasteiger partial charge in [0, 0.05) is 21.4 Å². The average molecular weight is 828 g/mol. The normalized spacial score (nSPS) is 21.2. The number of nitrogens with one attached hydrogen (secondary N) is 1. The fourth-order valence-electron chi connectivity index (χ4n) is 9.12. The van der Waals surface area contributed by atoms with Gasteiger partial charge in [-0.05, 0) is 99.8 Å². The number of fused-ring (bicyclic) bond motifs is 3. The van der Waals surface area contributed by atoms with Crippen LogP contribution >= 0.6 is 15.9 Å². The summed E-state index contributed by atoms with van der Waals surface area (Å²) < 4.78 is 14.4. The van der Waals surface area contributed by atoms with Crippen LogP contribution in [0, 0.1) is 17.8 Å². The van der Waals surface area contributed by atoms with E-state index < -0.39 is 39.3 Å². The molecule has 0 bridgehead atoms. The van der Waals surface area contributed by atoms with Crippen LogP contribution in [-0.2, 0) is 18.7 Å². The van der Waals surface area contributed by atoms with E-state index in [1.165, 1.54) is 4.90 Å². The standard InChI is InChI=1S/C45H44BBrN2O6Si/c1-45(2,3)56(34-15-9-5-10-16-34,35-17-11-6-12-18-35)54-28-29-25-38-41(37-27-40(55-46(53)42(29)37)36-26-30(47)19-24-39(36)50)44(52)49(43(38)51)33-22-20-32(21-23-33)48-31-13-7-4-8-14-31/h4-24,26,37-38,40-41,48,50,53H,25,27-28H2,1-3H3/t37-,38-,40-,41+/m0/s1. The summed E-state index contributed by atoms with van der Waals surface area (Å²) in [6, 6.07) is 42.9. The lowest BCUT2D eigenvalue weighted by molar-refractivity contribution is -0.123. The van der Waals surface area contributed by atoms with Crippen molar-refractivity contribution in [1.82, 2.24) is 0 Å². The SMILES string of the molecule is CC(C)(C)[Si](OCC1=C2B(O)O[C@H](c3cc(Br)ccc3O)C[C@H]2[C@H]2C(=O)N(c3ccc(Nc4ccccc4)cc3)C(=O)[C@H]2C1)(c1ccccc1)c1ccccc1. The van der Waals surface area contributed by atoms with Crippen LogP contribution in [0.25, 0.3) is 0 Å². The quantitative estimate of drug-likeness (QED) is 0.102. The van der Waals surface area contributed by atoms with Crippen molar-refractivity contribution in [3.8, 4) is 5.75 Å². The predicted octanol–water partition coefficient (Wildman–Crippen LogP) is 8.08. The van der Waals surface area contributed by atoms with Gasteiger partial charge in [0.2, 0.25) is 11.8 Å². The lowest BCUT2D eigenvalue weighted by Gasteiger charge is -2.45. The maximum Gasteiger partial charge on any atom is 0.487 e. The molecule has 2 heterocycles. The number of carbonyl (C=O) groups excluding carboxylic acids is 2. The minimum atomic E-state index is -3.02. The second-order valence-electron chi connectivity index (χ2n) is 15.9. The van der Waals surface area contributed by atoms with Crippen molar-refractivity contribution < 1.29 is 28.8 Å². The third-order valence-corrected chi connectivity index (χ3v) is 17.1. The molecular formula is C45H44BBrN2O6Si. The van der Waals surface area contributed by atoms with Crippen molar-refractivity contribution >= 4 is 70.6 Å². The van der Waals surface area contributed by atoms with Gasteiger partial charge in [0.25, 0.3) is 8.32 Å². The van der Waals surface area contributed by atoms with Crippen LogP contribution < -0.4 is 20.6 Å². The molecule has 11 heteroatoms. The number of aromatic hydroxyl groups is 1. The number of anilines is 3. The van der Waals surface area contributed by atoms with Crippen LogP contribution in [-0.4, -0.2) is 44.0 Å². The number of phenols is 1. The van der Waals surface area contributed by atoms with E-state index in [-0.39, 0.29) is 42.1 Å². The van der Waals surface area contributed by atoms with Crippen molar-refractivity contribution in [3.63, 3.8) is 0 Å². The van der Waals surface area contributed by atoms with Gasteiger partial charge >= 0.3 is 7.12 Å². The van der Waals surface area contributed by atoms with E-state index in [4.69, 9.17) is 9.08 Å². The van der Waals surface area contributed by atoms with Gasteiger partial charge in [0.15, 0.2) is 0 Å². The number of benzene rings is 5. The highest BCUT2D eigenvalue weighted by atomic mass is 79.9. The molecule has 0 aromatic heterocycles. The first-order valence-corrected chi connectivity index (χ1v) is 21.7. The minimum Gasteiger partial charge on any atom is -0.508 e. The highest BCUT2D eigenvalue weighted by molar-refractivity contribution is 9.10. The third kappa shape index (κ3) is 6.85. The number of rotatable bonds is 9. The van der Waals surface area contributed by atoms with Crippen molar-refractivity contribution in [2.24, 2.45) is 17.8 Å². The Morgan fingerprint density at radius 3 is 2.02 bits per heavy atom. The minimum absolute atomic E-state index is 0.0279. The number of hydrogen-bond donors (Lipinski definition) is 3. The fraction of sp³-hybridized carbons (Fsp3) is 0.244. The predicted molar refractivity (Wildman–Crippen MR) is 227 cm³/mol. The summed E-state index contributed by atoms with van der Waals surface area (Å²) >= 11 is 3.51. The van der Waals surface area contributed by atoms with E-state index in [0.717, 1.165) is 31.8 Å². The highest BCUT2D eigenvalue weighted by Crippen LogP contribution is 2.53. The van der Waals surface area contributed by atoms with Gasteiger partial charge in [-0.2, -0.15) is 0 Å². The monoisotopic (exact) mass is 826 g/mol. The zero-order valence-corrected chi connectivity index (χ0v) is 34.1. The van der Waals surface area contributed by atoms with Gasteiger partial charge in [-0.25, -0.2) is 0 Å². The fourth-order valence-corrected chi connectivity index (χ4v) is 14.0. The molecule has 284 valence electrons. The Morgan fingerprint density at radius 2 is 1.41 bits per heavy atom. The van der Waals surface area contributed by atoms with E-state index in [9.17, 15) is 19.7 Å². The highest BCUT2D eigenvalue weighted by Gasteiger charge is 2.59. The van der Waals surface area contributed by atoms with E-state index in [1.807, 2.05) is 78.9 Å². The molecule has 3 N–H and O–H groups in total. The summed E-state index contributed by atoms with van der Waals surface area (Å²) in [5.41, 5.74) is 4.12. The molecule has 0 spiro atoms. The molecule has 0 saturated carbocycles. The molecule has 2 amide bonds. The molecule has 8 rings (SSSR count). The first kappa shape index (κ1) is 38.1. The van der Waals surface area contributed by atoms with Gasteiger partial charge in [-0.15, -0.1) is 0 Å². The molecule has 2 saturated heterocycles. The Morgan fingerprint density at radius 1 is 0.821 bits per heavy atom. The van der Waals surface area contributed by atoms with E-state index >= 15 is 0 Å². The topological polar surface area (TPSA) is 108 Å². The molecule has 56 heavy (non-hydrogen) atoms. The summed E-state index contributed by atoms with van der Waals surface area (Å²) in [7, 11) is -4.40. The average Bonchev–Trinajstić information content (AvgIpc) is 3.45. The molecule has 8 nitrogen and oxygen atoms in total. The summed E-state index contributed by atoms with van der Waals surface area (Å²) in [4.78, 5) is 30.5. The molecule has 3 aliphatic rings. The van der Waals surface area contributed by atoms with E-state index in [1.54, 1.807) is 30.3 Å². The Hall–Kier alpha value is -4.78. The maximum atomic E-state index is 14.6. The summed E-state index contributed by atoms with van der Waals surface area (Å²) in [5, 5.41) is 28.2. The first-order valence-electron chi connectivity index (χ1n) is 19.0. The van der Waals surface area contributed by atoms with Crippen molar-refractivity contribution in [3.05, 3.63) is 155 Å². The molecule has 5 aromatic rings. The lowest BCUT2D eigenvalue weighted by Crippen LogP contribution is -2.66. The van der Waals surface area contributed by atoms with Crippen molar-refractivity contribution in [2.75, 3.05) is 16.8 Å². The van der Waals surface area contributed by atoms with Crippen LogP contribution in [0.1, 0.15) is 45.3 Å². The molecule has 1 aliphatic carbocycles. The number of hydrogen-bond acceptors (Lipinski definition) is 7. The largest absolute Gasteiger partial charge is 0.508 e. The maximum absolute atomic E-state index is 14.6. The zero-order valence-electron chi connectivity index (χ0n) is 31.6. The van der Waals surface area contributed by atoms with Crippen LogP contribution in [0.4, 0.5) is 17.1 Å². The number of para-hydroxylation sites is 1. The van der Waals surface area contributed by atoms with Crippen LogP contribution in [0.5, 0.6) is 5.75 Å². The van der Waals surface area contributed by atoms with Crippen molar-refractivity contribution in [2.45, 2.75) is 44.8 Å². The number of halogens is 1. The molecule has 0 unspecified atom stereocenters. The molecule has 2 aliphatic heterocycles. The Balaban J connectivity index is 1.18. The first-order chi connectivity index (χ1) is 27.0. The van der Waals surface area contributed by atoms with Gasteiger partial charge in [-0.1, -0.05) is 116 Å². The van der Waals surface area contributed by atoms with Gasteiger partial charge in [0.1, 0.15) is 5.75 Å². The summed E-state index contributed by atoms with van der Waals surface area (Å²) in [5.74, 6) is -2.48. The van der Waals surface area contributed by atoms with Crippen molar-refractivity contribution in [1.29, 1.82) is 0 Å². The van der Waals surface area contributed by atoms with Gasteiger partial charge in [-0.3, -0.25) is 14.5 Å². The molecule has 2 fully saturated rings. The summed E-state index contributed by atoms with van der Waals surface area (Å²) in [6.45, 7) is 6.78. The smallest absolute Gasteiger partial charge is 0.487 e. The van der Waals surface area contributed by atoms with Gasteiger partial charge < -0.3 is 24.5 Å². The third-order valence-electron chi connectivity index (χ3n) is 11.6. The van der Waals surface area contributed by atoms with Crippen LogP contribution in [0.3, 0.4) is 0 Å². The zero-order chi connectivity index (χ0) is 39.2. The number of amides is 2. The lowest BCUT2D eigenvalue weighted by atomic mass is 9.55. The number of carbonyl (C=O) groups is 2. The Bertz CT molecular complexity index is 2230.